The van der Waals surface area contributed by atoms with Crippen molar-refractivity contribution in [2.24, 2.45) is 5.92 Å². The normalized spacial score (nSPS) is 11.9. The molecule has 150 valence electrons. The van der Waals surface area contributed by atoms with E-state index >= 15 is 0 Å². The van der Waals surface area contributed by atoms with Crippen LogP contribution in [0.4, 0.5) is 5.69 Å². The maximum atomic E-state index is 12.4. The van der Waals surface area contributed by atoms with Crippen molar-refractivity contribution in [3.05, 3.63) is 65.7 Å². The second-order valence-electron chi connectivity index (χ2n) is 7.22. The van der Waals surface area contributed by atoms with E-state index in [0.717, 1.165) is 0 Å². The van der Waals surface area contributed by atoms with Crippen LogP contribution in [0.5, 0.6) is 0 Å². The molecule has 1 atom stereocenters. The van der Waals surface area contributed by atoms with Crippen LogP contribution in [-0.2, 0) is 4.79 Å². The van der Waals surface area contributed by atoms with Gasteiger partial charge in [0.15, 0.2) is 6.54 Å². The van der Waals surface area contributed by atoms with Crippen LogP contribution in [0.3, 0.4) is 0 Å². The van der Waals surface area contributed by atoms with Gasteiger partial charge in [0.25, 0.3) is 11.8 Å². The predicted molar refractivity (Wildman–Crippen MR) is 113 cm³/mol. The minimum absolute atomic E-state index is 0.0128. The number of rotatable bonds is 9. The highest BCUT2D eigenvalue weighted by molar-refractivity contribution is 5.96. The number of nitrogens with one attached hydrogen (secondary N) is 1. The maximum absolute atomic E-state index is 12.4. The Bertz CT molecular complexity index is 753. The molecule has 0 unspecified atom stereocenters. The monoisotopic (exact) mass is 382 g/mol. The fraction of sp³-hybridized carbons (Fsp3) is 0.391. The van der Waals surface area contributed by atoms with Crippen molar-refractivity contribution in [2.45, 2.75) is 33.7 Å². The summed E-state index contributed by atoms with van der Waals surface area (Å²) in [4.78, 5) is 26.5. The number of hydrogen-bond donors (Lipinski definition) is 2. The molecule has 0 spiro atoms. The van der Waals surface area contributed by atoms with Crippen LogP contribution in [0.1, 0.15) is 49.7 Å². The lowest BCUT2D eigenvalue weighted by atomic mass is 9.96. The van der Waals surface area contributed by atoms with Crippen LogP contribution in [0.25, 0.3) is 0 Å². The number of quaternary nitrogens is 1. The summed E-state index contributed by atoms with van der Waals surface area (Å²) in [6.07, 6.45) is 0. The number of hydrogen-bond acceptors (Lipinski definition) is 2. The Hall–Kier alpha value is -2.66. The number of anilines is 1. The lowest BCUT2D eigenvalue weighted by molar-refractivity contribution is -0.692. The standard InChI is InChI=1S/C23H31N3O2/c1-5-26(6-2)23(28)19-12-14-20(15-13-19)25-21(27)16-24-22(17(3)4)18-10-8-7-9-11-18/h7-15,17,22,24H,5-6,16H2,1-4H3,(H,25,27)/p+1/t22-/m1/s1. The van der Waals surface area contributed by atoms with Gasteiger partial charge in [-0.15, -0.1) is 0 Å². The van der Waals surface area contributed by atoms with E-state index < -0.39 is 0 Å². The van der Waals surface area contributed by atoms with Gasteiger partial charge in [-0.3, -0.25) is 9.59 Å². The van der Waals surface area contributed by atoms with Crippen LogP contribution in [0.2, 0.25) is 0 Å². The Kier molecular flexibility index (Phi) is 8.20. The van der Waals surface area contributed by atoms with E-state index in [1.807, 2.05) is 32.0 Å². The summed E-state index contributed by atoms with van der Waals surface area (Å²) < 4.78 is 0. The van der Waals surface area contributed by atoms with Crippen molar-refractivity contribution in [1.29, 1.82) is 0 Å². The van der Waals surface area contributed by atoms with Gasteiger partial charge >= 0.3 is 0 Å². The molecule has 0 bridgehead atoms. The van der Waals surface area contributed by atoms with Gasteiger partial charge in [-0.2, -0.15) is 0 Å². The molecule has 0 saturated heterocycles. The summed E-state index contributed by atoms with van der Waals surface area (Å²) in [5.41, 5.74) is 2.57. The van der Waals surface area contributed by atoms with Gasteiger partial charge in [0.2, 0.25) is 0 Å². The molecular formula is C23H32N3O2+. The third-order valence-electron chi connectivity index (χ3n) is 4.93. The van der Waals surface area contributed by atoms with E-state index in [0.29, 0.717) is 36.8 Å². The Labute approximate surface area is 168 Å². The van der Waals surface area contributed by atoms with E-state index in [9.17, 15) is 9.59 Å². The highest BCUT2D eigenvalue weighted by Crippen LogP contribution is 2.17. The van der Waals surface area contributed by atoms with Gasteiger partial charge in [-0.25, -0.2) is 0 Å². The summed E-state index contributed by atoms with van der Waals surface area (Å²) in [5, 5.41) is 4.99. The smallest absolute Gasteiger partial charge is 0.279 e. The van der Waals surface area contributed by atoms with Crippen molar-refractivity contribution < 1.29 is 14.9 Å². The SMILES string of the molecule is CCN(CC)C(=O)c1ccc(NC(=O)C[NH2+][C@@H](c2ccccc2)C(C)C)cc1. The summed E-state index contributed by atoms with van der Waals surface area (Å²) in [6, 6.07) is 17.6. The molecule has 0 heterocycles. The number of carbonyl (C=O) groups excluding carboxylic acids is 2. The van der Waals surface area contributed by atoms with Gasteiger partial charge in [0.1, 0.15) is 6.04 Å². The number of amides is 2. The average molecular weight is 383 g/mol. The molecule has 0 aromatic heterocycles. The summed E-state index contributed by atoms with van der Waals surface area (Å²) in [6.45, 7) is 9.97. The minimum atomic E-state index is -0.0515. The average Bonchev–Trinajstić information content (AvgIpc) is 2.70. The van der Waals surface area contributed by atoms with Crippen molar-refractivity contribution >= 4 is 17.5 Å². The fourth-order valence-electron chi connectivity index (χ4n) is 3.30. The molecule has 28 heavy (non-hydrogen) atoms. The molecule has 0 fully saturated rings. The van der Waals surface area contributed by atoms with Crippen LogP contribution in [0.15, 0.2) is 54.6 Å². The molecule has 5 heteroatoms. The second kappa shape index (κ2) is 10.6. The molecule has 5 nitrogen and oxygen atoms in total. The third-order valence-corrected chi connectivity index (χ3v) is 4.93. The number of nitrogens with zero attached hydrogens (tertiary/aromatic N) is 1. The van der Waals surface area contributed by atoms with Crippen LogP contribution in [0, 0.1) is 5.92 Å². The molecule has 2 aromatic rings. The highest BCUT2D eigenvalue weighted by atomic mass is 16.2. The molecule has 2 amide bonds. The quantitative estimate of drug-likeness (QED) is 0.700. The molecule has 2 rings (SSSR count). The summed E-state index contributed by atoms with van der Waals surface area (Å²) in [5.74, 6) is 0.379. The van der Waals surface area contributed by atoms with Gasteiger partial charge in [0, 0.05) is 35.8 Å². The van der Waals surface area contributed by atoms with E-state index in [-0.39, 0.29) is 17.9 Å². The van der Waals surface area contributed by atoms with E-state index in [4.69, 9.17) is 0 Å². The number of carbonyl (C=O) groups is 2. The summed E-state index contributed by atoms with van der Waals surface area (Å²) in [7, 11) is 0. The lowest BCUT2D eigenvalue weighted by Gasteiger charge is -2.19. The van der Waals surface area contributed by atoms with Crippen LogP contribution < -0.4 is 10.6 Å². The molecule has 0 aliphatic carbocycles. The first-order valence-corrected chi connectivity index (χ1v) is 10.0. The Morgan fingerprint density at radius 3 is 2.11 bits per heavy atom. The Balaban J connectivity index is 1.93. The molecule has 2 aromatic carbocycles. The number of benzene rings is 2. The van der Waals surface area contributed by atoms with Crippen molar-refractivity contribution in [3.63, 3.8) is 0 Å². The zero-order chi connectivity index (χ0) is 20.5. The molecule has 0 radical (unpaired) electrons. The molecule has 0 aliphatic rings. The topological polar surface area (TPSA) is 66.0 Å². The molecular weight excluding hydrogens is 350 g/mol. The highest BCUT2D eigenvalue weighted by Gasteiger charge is 2.20. The fourth-order valence-corrected chi connectivity index (χ4v) is 3.30. The van der Waals surface area contributed by atoms with Crippen molar-refractivity contribution in [3.8, 4) is 0 Å². The van der Waals surface area contributed by atoms with Gasteiger partial charge in [0.05, 0.1) is 0 Å². The predicted octanol–water partition coefficient (Wildman–Crippen LogP) is 3.07. The van der Waals surface area contributed by atoms with Crippen molar-refractivity contribution in [2.75, 3.05) is 25.0 Å². The Morgan fingerprint density at radius 2 is 1.57 bits per heavy atom. The summed E-state index contributed by atoms with van der Waals surface area (Å²) >= 11 is 0. The zero-order valence-electron chi connectivity index (χ0n) is 17.3. The molecule has 0 aliphatic heterocycles. The minimum Gasteiger partial charge on any atom is -0.339 e. The zero-order valence-corrected chi connectivity index (χ0v) is 17.3. The first-order valence-electron chi connectivity index (χ1n) is 10.0. The van der Waals surface area contributed by atoms with Crippen LogP contribution >= 0.6 is 0 Å². The van der Waals surface area contributed by atoms with Crippen LogP contribution in [-0.4, -0.2) is 36.3 Å². The van der Waals surface area contributed by atoms with Gasteiger partial charge < -0.3 is 15.5 Å². The molecule has 0 saturated carbocycles. The van der Waals surface area contributed by atoms with Crippen molar-refractivity contribution in [1.82, 2.24) is 4.90 Å². The van der Waals surface area contributed by atoms with E-state index in [2.05, 4.69) is 36.6 Å². The van der Waals surface area contributed by atoms with E-state index in [1.165, 1.54) is 5.56 Å². The first kappa shape index (κ1) is 21.6. The third kappa shape index (κ3) is 5.92. The largest absolute Gasteiger partial charge is 0.339 e. The van der Waals surface area contributed by atoms with Gasteiger partial charge in [-0.1, -0.05) is 44.2 Å². The lowest BCUT2D eigenvalue weighted by Crippen LogP contribution is -2.88. The molecule has 3 N–H and O–H groups in total. The number of nitrogens with two attached hydrogens (primary N) is 1. The Morgan fingerprint density at radius 1 is 0.964 bits per heavy atom. The first-order chi connectivity index (χ1) is 13.5. The maximum Gasteiger partial charge on any atom is 0.279 e. The second-order valence-corrected chi connectivity index (χ2v) is 7.22. The van der Waals surface area contributed by atoms with Gasteiger partial charge in [-0.05, 0) is 38.1 Å². The van der Waals surface area contributed by atoms with E-state index in [1.54, 1.807) is 29.2 Å².